The first kappa shape index (κ1) is 12.4. The van der Waals surface area contributed by atoms with Crippen LogP contribution in [0.2, 0.25) is 0 Å². The number of nitrogens with one attached hydrogen (secondary N) is 1. The molecule has 1 fully saturated rings. The SMILES string of the molecule is CN1CCN(Cc2cnc(-c3ccccc3)[nH]2)CC1. The lowest BCUT2D eigenvalue weighted by Gasteiger charge is -2.31. The zero-order chi connectivity index (χ0) is 13.1. The Kier molecular flexibility index (Phi) is 3.62. The maximum Gasteiger partial charge on any atom is 0.137 e. The first-order valence-corrected chi connectivity index (χ1v) is 6.81. The van der Waals surface area contributed by atoms with Crippen LogP contribution in [-0.4, -0.2) is 53.0 Å². The van der Waals surface area contributed by atoms with Crippen LogP contribution in [0, 0.1) is 0 Å². The molecule has 1 aromatic heterocycles. The molecular weight excluding hydrogens is 236 g/mol. The van der Waals surface area contributed by atoms with Crippen molar-refractivity contribution >= 4 is 0 Å². The molecule has 0 spiro atoms. The van der Waals surface area contributed by atoms with Gasteiger partial charge < -0.3 is 9.88 Å². The Balaban J connectivity index is 1.65. The van der Waals surface area contributed by atoms with Crippen molar-refractivity contribution in [3.63, 3.8) is 0 Å². The molecule has 2 aromatic rings. The maximum atomic E-state index is 4.47. The van der Waals surface area contributed by atoms with Crippen molar-refractivity contribution in [1.29, 1.82) is 0 Å². The van der Waals surface area contributed by atoms with Crippen molar-refractivity contribution in [2.45, 2.75) is 6.54 Å². The Morgan fingerprint density at radius 3 is 2.58 bits per heavy atom. The quantitative estimate of drug-likeness (QED) is 0.910. The van der Waals surface area contributed by atoms with E-state index in [0.717, 1.165) is 44.1 Å². The maximum absolute atomic E-state index is 4.47. The third-order valence-electron chi connectivity index (χ3n) is 3.67. The first-order chi connectivity index (χ1) is 9.31. The summed E-state index contributed by atoms with van der Waals surface area (Å²) < 4.78 is 0. The van der Waals surface area contributed by atoms with Crippen LogP contribution in [0.4, 0.5) is 0 Å². The van der Waals surface area contributed by atoms with E-state index in [1.54, 1.807) is 0 Å². The third kappa shape index (κ3) is 3.03. The molecule has 1 N–H and O–H groups in total. The number of aromatic nitrogens is 2. The lowest BCUT2D eigenvalue weighted by Crippen LogP contribution is -2.43. The number of aromatic amines is 1. The van der Waals surface area contributed by atoms with Gasteiger partial charge in [0.2, 0.25) is 0 Å². The number of imidazole rings is 1. The van der Waals surface area contributed by atoms with Gasteiger partial charge in [-0.3, -0.25) is 4.90 Å². The molecule has 0 radical (unpaired) electrons. The van der Waals surface area contributed by atoms with E-state index in [4.69, 9.17) is 0 Å². The summed E-state index contributed by atoms with van der Waals surface area (Å²) in [6, 6.07) is 10.3. The number of benzene rings is 1. The highest BCUT2D eigenvalue weighted by Crippen LogP contribution is 2.15. The molecule has 100 valence electrons. The molecule has 0 bridgehead atoms. The normalized spacial score (nSPS) is 17.7. The Morgan fingerprint density at radius 2 is 1.84 bits per heavy atom. The van der Waals surface area contributed by atoms with Crippen molar-refractivity contribution < 1.29 is 0 Å². The second-order valence-corrected chi connectivity index (χ2v) is 5.20. The summed E-state index contributed by atoms with van der Waals surface area (Å²) in [5.41, 5.74) is 2.34. The predicted octanol–water partition coefficient (Wildman–Crippen LogP) is 1.82. The molecule has 1 aliphatic heterocycles. The van der Waals surface area contributed by atoms with Crippen molar-refractivity contribution in [3.8, 4) is 11.4 Å². The van der Waals surface area contributed by atoms with E-state index in [0.29, 0.717) is 0 Å². The van der Waals surface area contributed by atoms with Crippen LogP contribution in [0.25, 0.3) is 11.4 Å². The third-order valence-corrected chi connectivity index (χ3v) is 3.67. The van der Waals surface area contributed by atoms with Gasteiger partial charge in [0.05, 0.1) is 0 Å². The largest absolute Gasteiger partial charge is 0.341 e. The minimum absolute atomic E-state index is 0.963. The first-order valence-electron chi connectivity index (χ1n) is 6.81. The highest BCUT2D eigenvalue weighted by Gasteiger charge is 2.14. The Morgan fingerprint density at radius 1 is 1.11 bits per heavy atom. The number of hydrogen-bond acceptors (Lipinski definition) is 3. The average molecular weight is 256 g/mol. The summed E-state index contributed by atoms with van der Waals surface area (Å²) in [7, 11) is 2.18. The second-order valence-electron chi connectivity index (χ2n) is 5.20. The fourth-order valence-electron chi connectivity index (χ4n) is 2.43. The predicted molar refractivity (Wildman–Crippen MR) is 76.8 cm³/mol. The van der Waals surface area contributed by atoms with Gasteiger partial charge in [-0.25, -0.2) is 4.98 Å². The van der Waals surface area contributed by atoms with Gasteiger partial charge in [-0.2, -0.15) is 0 Å². The van der Waals surface area contributed by atoms with Crippen LogP contribution in [0.15, 0.2) is 36.5 Å². The van der Waals surface area contributed by atoms with Crippen LogP contribution in [0.5, 0.6) is 0 Å². The number of H-pyrrole nitrogens is 1. The number of hydrogen-bond donors (Lipinski definition) is 1. The van der Waals surface area contributed by atoms with Gasteiger partial charge in [0.15, 0.2) is 0 Å². The summed E-state index contributed by atoms with van der Waals surface area (Å²) >= 11 is 0. The van der Waals surface area contributed by atoms with Crippen molar-refractivity contribution in [1.82, 2.24) is 19.8 Å². The Labute approximate surface area is 114 Å². The molecule has 0 atom stereocenters. The van der Waals surface area contributed by atoms with Gasteiger partial charge in [0.1, 0.15) is 5.82 Å². The molecule has 4 nitrogen and oxygen atoms in total. The summed E-state index contributed by atoms with van der Waals surface area (Å²) in [4.78, 5) is 12.7. The number of rotatable bonds is 3. The van der Waals surface area contributed by atoms with E-state index in [1.807, 2.05) is 24.4 Å². The van der Waals surface area contributed by atoms with Gasteiger partial charge in [0.25, 0.3) is 0 Å². The summed E-state index contributed by atoms with van der Waals surface area (Å²) in [6.45, 7) is 5.54. The summed E-state index contributed by atoms with van der Waals surface area (Å²) in [5.74, 6) is 0.963. The van der Waals surface area contributed by atoms with Crippen molar-refractivity contribution in [2.24, 2.45) is 0 Å². The van der Waals surface area contributed by atoms with Gasteiger partial charge in [-0.1, -0.05) is 30.3 Å². The van der Waals surface area contributed by atoms with E-state index >= 15 is 0 Å². The zero-order valence-corrected chi connectivity index (χ0v) is 11.3. The molecule has 3 rings (SSSR count). The molecule has 4 heteroatoms. The van der Waals surface area contributed by atoms with Crippen LogP contribution in [-0.2, 0) is 6.54 Å². The molecule has 0 aliphatic carbocycles. The number of likely N-dealkylation sites (N-methyl/N-ethyl adjacent to an activating group) is 1. The monoisotopic (exact) mass is 256 g/mol. The number of nitrogens with zero attached hydrogens (tertiary/aromatic N) is 3. The molecule has 2 heterocycles. The molecule has 0 saturated carbocycles. The van der Waals surface area contributed by atoms with E-state index in [1.165, 1.54) is 5.69 Å². The molecule has 0 amide bonds. The Bertz CT molecular complexity index is 512. The average Bonchev–Trinajstić information content (AvgIpc) is 2.91. The van der Waals surface area contributed by atoms with Crippen LogP contribution >= 0.6 is 0 Å². The molecule has 1 aromatic carbocycles. The van der Waals surface area contributed by atoms with Crippen molar-refractivity contribution in [2.75, 3.05) is 33.2 Å². The minimum Gasteiger partial charge on any atom is -0.341 e. The summed E-state index contributed by atoms with van der Waals surface area (Å²) in [5, 5.41) is 0. The second kappa shape index (κ2) is 5.55. The molecule has 19 heavy (non-hydrogen) atoms. The molecule has 0 unspecified atom stereocenters. The van der Waals surface area contributed by atoms with Crippen LogP contribution < -0.4 is 0 Å². The number of piperazine rings is 1. The highest BCUT2D eigenvalue weighted by atomic mass is 15.2. The van der Waals surface area contributed by atoms with Crippen molar-refractivity contribution in [3.05, 3.63) is 42.2 Å². The topological polar surface area (TPSA) is 35.2 Å². The van der Waals surface area contributed by atoms with Gasteiger partial charge in [-0.05, 0) is 7.05 Å². The zero-order valence-electron chi connectivity index (χ0n) is 11.3. The van der Waals surface area contributed by atoms with Crippen LogP contribution in [0.3, 0.4) is 0 Å². The standard InChI is InChI=1S/C15H20N4/c1-18-7-9-19(10-8-18)12-14-11-16-15(17-14)13-5-3-2-4-6-13/h2-6,11H,7-10,12H2,1H3,(H,16,17). The van der Waals surface area contributed by atoms with E-state index in [-0.39, 0.29) is 0 Å². The smallest absolute Gasteiger partial charge is 0.137 e. The lowest BCUT2D eigenvalue weighted by atomic mass is 10.2. The molecular formula is C15H20N4. The fourth-order valence-corrected chi connectivity index (χ4v) is 2.43. The molecule has 1 aliphatic rings. The lowest BCUT2D eigenvalue weighted by molar-refractivity contribution is 0.147. The van der Waals surface area contributed by atoms with Gasteiger partial charge in [0, 0.05) is 50.2 Å². The van der Waals surface area contributed by atoms with E-state index in [9.17, 15) is 0 Å². The fraction of sp³-hybridized carbons (Fsp3) is 0.400. The molecule has 1 saturated heterocycles. The summed E-state index contributed by atoms with van der Waals surface area (Å²) in [6.07, 6.45) is 1.96. The van der Waals surface area contributed by atoms with Gasteiger partial charge >= 0.3 is 0 Å². The Hall–Kier alpha value is -1.65. The van der Waals surface area contributed by atoms with E-state index in [2.05, 4.69) is 38.9 Å². The van der Waals surface area contributed by atoms with E-state index < -0.39 is 0 Å². The highest BCUT2D eigenvalue weighted by molar-refractivity contribution is 5.54. The van der Waals surface area contributed by atoms with Crippen LogP contribution in [0.1, 0.15) is 5.69 Å². The van der Waals surface area contributed by atoms with Gasteiger partial charge in [-0.15, -0.1) is 0 Å². The minimum atomic E-state index is 0.963.